The topological polar surface area (TPSA) is 92.9 Å². The van der Waals surface area contributed by atoms with E-state index in [0.29, 0.717) is 0 Å². The summed E-state index contributed by atoms with van der Waals surface area (Å²) in [6, 6.07) is 3.33. The van der Waals surface area contributed by atoms with Crippen LogP contribution >= 0.6 is 11.6 Å². The molecule has 0 radical (unpaired) electrons. The van der Waals surface area contributed by atoms with E-state index in [2.05, 4.69) is 4.99 Å². The number of non-ortho nitro benzene ring substituents is 1. The zero-order valence-electron chi connectivity index (χ0n) is 8.49. The second-order valence-electron chi connectivity index (χ2n) is 3.26. The van der Waals surface area contributed by atoms with Gasteiger partial charge in [0.25, 0.3) is 15.7 Å². The Hall–Kier alpha value is -1.67. The summed E-state index contributed by atoms with van der Waals surface area (Å²) in [4.78, 5) is 13.6. The largest absolute Gasteiger partial charge is 0.271 e. The monoisotopic (exact) mass is 275 g/mol. The lowest BCUT2D eigenvalue weighted by molar-refractivity contribution is -0.384. The maximum Gasteiger partial charge on any atom is 0.271 e. The summed E-state index contributed by atoms with van der Waals surface area (Å²) in [5.41, 5.74) is -0.265. The van der Waals surface area contributed by atoms with Gasteiger partial charge in [0.1, 0.15) is 4.90 Å². The zero-order valence-corrected chi connectivity index (χ0v) is 10.1. The van der Waals surface area contributed by atoms with Crippen molar-refractivity contribution in [3.05, 3.63) is 28.3 Å². The van der Waals surface area contributed by atoms with E-state index in [0.717, 1.165) is 22.5 Å². The fourth-order valence-electron chi connectivity index (χ4n) is 1.34. The lowest BCUT2D eigenvalue weighted by Crippen LogP contribution is -2.32. The summed E-state index contributed by atoms with van der Waals surface area (Å²) >= 11 is 5.64. The molecule has 7 nitrogen and oxygen atoms in total. The van der Waals surface area contributed by atoms with Crippen molar-refractivity contribution >= 4 is 38.3 Å². The van der Waals surface area contributed by atoms with Crippen LogP contribution in [0.1, 0.15) is 0 Å². The van der Waals surface area contributed by atoms with E-state index < -0.39 is 14.9 Å². The predicted octanol–water partition coefficient (Wildman–Crippen LogP) is 1.46. The fourth-order valence-corrected chi connectivity index (χ4v) is 2.85. The Labute approximate surface area is 102 Å². The summed E-state index contributed by atoms with van der Waals surface area (Å²) in [6.07, 6.45) is 0. The molecule has 1 aromatic carbocycles. The lowest BCUT2D eigenvalue weighted by atomic mass is 10.3. The van der Waals surface area contributed by atoms with Gasteiger partial charge in [-0.05, 0) is 17.7 Å². The molecule has 9 heteroatoms. The van der Waals surface area contributed by atoms with Crippen molar-refractivity contribution in [2.45, 2.75) is 4.90 Å². The molecule has 17 heavy (non-hydrogen) atoms. The molecule has 1 aliphatic rings. The highest BCUT2D eigenvalue weighted by Crippen LogP contribution is 2.34. The number of hydrogen-bond acceptors (Lipinski definition) is 5. The minimum absolute atomic E-state index is 0.0256. The molecule has 1 aliphatic heterocycles. The third-order valence-corrected chi connectivity index (χ3v) is 4.50. The molecule has 0 saturated heterocycles. The summed E-state index contributed by atoms with van der Waals surface area (Å²) in [5, 5.41) is 10.3. The third kappa shape index (κ3) is 1.75. The number of rotatable bonds is 1. The first-order chi connectivity index (χ1) is 7.84. The van der Waals surface area contributed by atoms with Gasteiger partial charge in [-0.2, -0.15) is 0 Å². The van der Waals surface area contributed by atoms with Crippen molar-refractivity contribution in [1.29, 1.82) is 0 Å². The average Bonchev–Trinajstić information content (AvgIpc) is 2.25. The van der Waals surface area contributed by atoms with Gasteiger partial charge in [-0.3, -0.25) is 10.1 Å². The molecule has 0 spiro atoms. The quantitative estimate of drug-likeness (QED) is 0.440. The Morgan fingerprint density at radius 2 is 2.12 bits per heavy atom. The molecule has 0 bridgehead atoms. The van der Waals surface area contributed by atoms with E-state index in [1.807, 2.05) is 0 Å². The molecule has 0 N–H and O–H groups in total. The molecular weight excluding hydrogens is 270 g/mol. The van der Waals surface area contributed by atoms with E-state index in [1.54, 1.807) is 0 Å². The van der Waals surface area contributed by atoms with E-state index in [9.17, 15) is 18.5 Å². The molecule has 0 fully saturated rings. The number of nitro groups is 1. The second kappa shape index (κ2) is 3.67. The number of nitrogens with zero attached hydrogens (tertiary/aromatic N) is 3. The van der Waals surface area contributed by atoms with Crippen LogP contribution in [0.25, 0.3) is 0 Å². The maximum atomic E-state index is 11.9. The molecular formula is C8H6ClN3O4S. The summed E-state index contributed by atoms with van der Waals surface area (Å²) < 4.78 is 24.6. The van der Waals surface area contributed by atoms with Crippen molar-refractivity contribution in [2.24, 2.45) is 4.99 Å². The number of aliphatic imine (C=N–C) groups is 1. The molecule has 0 atom stereocenters. The van der Waals surface area contributed by atoms with Gasteiger partial charge in [0.05, 0.1) is 10.6 Å². The number of halogens is 1. The molecule has 1 heterocycles. The normalized spacial score (nSPS) is 17.3. The molecule has 0 aromatic heterocycles. The Bertz CT molecular complexity index is 640. The lowest BCUT2D eigenvalue weighted by Gasteiger charge is -2.22. The number of hydrogen-bond donors (Lipinski definition) is 0. The van der Waals surface area contributed by atoms with Crippen LogP contribution in [0, 0.1) is 10.1 Å². The predicted molar refractivity (Wildman–Crippen MR) is 61.0 cm³/mol. The first kappa shape index (κ1) is 11.8. The number of amidine groups is 1. The summed E-state index contributed by atoms with van der Waals surface area (Å²) in [5.74, 6) is 0. The zero-order chi connectivity index (χ0) is 12.8. The smallest absolute Gasteiger partial charge is 0.258 e. The average molecular weight is 276 g/mol. The van der Waals surface area contributed by atoms with Crippen LogP contribution < -0.4 is 0 Å². The van der Waals surface area contributed by atoms with E-state index in [-0.39, 0.29) is 21.6 Å². The summed E-state index contributed by atoms with van der Waals surface area (Å²) in [7, 11) is -2.51. The highest BCUT2D eigenvalue weighted by atomic mass is 35.5. The highest BCUT2D eigenvalue weighted by molar-refractivity contribution is 7.90. The Morgan fingerprint density at radius 1 is 1.47 bits per heavy atom. The Balaban J connectivity index is 2.73. The van der Waals surface area contributed by atoms with Crippen LogP contribution in [-0.4, -0.2) is 30.0 Å². The van der Waals surface area contributed by atoms with Crippen LogP contribution in [0.3, 0.4) is 0 Å². The van der Waals surface area contributed by atoms with Crippen LogP contribution in [0.2, 0.25) is 0 Å². The number of sulfonamides is 1. The van der Waals surface area contributed by atoms with Gasteiger partial charge in [0.15, 0.2) is 0 Å². The van der Waals surface area contributed by atoms with Crippen molar-refractivity contribution in [3.8, 4) is 0 Å². The van der Waals surface area contributed by atoms with Crippen LogP contribution in [0.5, 0.6) is 0 Å². The van der Waals surface area contributed by atoms with E-state index in [1.165, 1.54) is 7.05 Å². The maximum absolute atomic E-state index is 11.9. The molecule has 0 saturated carbocycles. The van der Waals surface area contributed by atoms with Gasteiger partial charge >= 0.3 is 0 Å². The second-order valence-corrected chi connectivity index (χ2v) is 5.54. The summed E-state index contributed by atoms with van der Waals surface area (Å²) in [6.45, 7) is 0. The van der Waals surface area contributed by atoms with Crippen LogP contribution in [0.4, 0.5) is 11.4 Å². The minimum atomic E-state index is -3.76. The molecule has 0 unspecified atom stereocenters. The molecule has 0 amide bonds. The third-order valence-electron chi connectivity index (χ3n) is 2.26. The van der Waals surface area contributed by atoms with E-state index in [4.69, 9.17) is 11.6 Å². The van der Waals surface area contributed by atoms with Gasteiger partial charge < -0.3 is 0 Å². The first-order valence-electron chi connectivity index (χ1n) is 4.35. The van der Waals surface area contributed by atoms with Crippen molar-refractivity contribution in [1.82, 2.24) is 4.31 Å². The molecule has 0 aliphatic carbocycles. The van der Waals surface area contributed by atoms with Crippen molar-refractivity contribution in [2.75, 3.05) is 7.05 Å². The Morgan fingerprint density at radius 3 is 2.71 bits per heavy atom. The van der Waals surface area contributed by atoms with Gasteiger partial charge in [-0.15, -0.1) is 0 Å². The first-order valence-corrected chi connectivity index (χ1v) is 6.17. The Kier molecular flexibility index (Phi) is 2.55. The van der Waals surface area contributed by atoms with E-state index >= 15 is 0 Å². The van der Waals surface area contributed by atoms with Crippen molar-refractivity contribution < 1.29 is 13.3 Å². The SMILES string of the molecule is CN1C(Cl)=Nc2cc([N+](=O)[O-])ccc2S1(=O)=O. The van der Waals surface area contributed by atoms with Gasteiger partial charge in [-0.25, -0.2) is 17.7 Å². The van der Waals surface area contributed by atoms with Gasteiger partial charge in [0.2, 0.25) is 5.29 Å². The van der Waals surface area contributed by atoms with Gasteiger partial charge in [0, 0.05) is 19.2 Å². The van der Waals surface area contributed by atoms with Crippen LogP contribution in [0.15, 0.2) is 28.1 Å². The number of fused-ring (bicyclic) bond motifs is 1. The standard InChI is InChI=1S/C8H6ClN3O4S/c1-11-8(9)10-6-4-5(12(13)14)2-3-7(6)17(11,15)16/h2-4H,1H3. The molecule has 1 aromatic rings. The number of nitro benzene ring substituents is 1. The minimum Gasteiger partial charge on any atom is -0.258 e. The number of benzene rings is 1. The van der Waals surface area contributed by atoms with Gasteiger partial charge in [-0.1, -0.05) is 0 Å². The fraction of sp³-hybridized carbons (Fsp3) is 0.125. The highest BCUT2D eigenvalue weighted by Gasteiger charge is 2.31. The van der Waals surface area contributed by atoms with Crippen LogP contribution in [-0.2, 0) is 10.0 Å². The molecule has 2 rings (SSSR count). The van der Waals surface area contributed by atoms with Crippen molar-refractivity contribution in [3.63, 3.8) is 0 Å². The molecule has 90 valence electrons.